The quantitative estimate of drug-likeness (QED) is 0.849. The minimum atomic E-state index is -0.316. The molecule has 0 bridgehead atoms. The number of halogens is 3. The minimum absolute atomic E-state index is 0.316. The SMILES string of the molecule is Fc1ccc(Cl)cc1NCc1ccc(Cl)cc1. The van der Waals surface area contributed by atoms with E-state index >= 15 is 0 Å². The Labute approximate surface area is 109 Å². The maximum Gasteiger partial charge on any atom is 0.146 e. The predicted molar refractivity (Wildman–Crippen MR) is 70.2 cm³/mol. The van der Waals surface area contributed by atoms with E-state index in [0.717, 1.165) is 5.56 Å². The summed E-state index contributed by atoms with van der Waals surface area (Å²) in [5, 5.41) is 4.17. The summed E-state index contributed by atoms with van der Waals surface area (Å²) in [5.41, 5.74) is 1.42. The van der Waals surface area contributed by atoms with Gasteiger partial charge < -0.3 is 5.32 Å². The second-order valence-corrected chi connectivity index (χ2v) is 4.48. The number of hydrogen-bond donors (Lipinski definition) is 1. The van der Waals surface area contributed by atoms with Crippen molar-refractivity contribution < 1.29 is 4.39 Å². The molecule has 4 heteroatoms. The minimum Gasteiger partial charge on any atom is -0.379 e. The smallest absolute Gasteiger partial charge is 0.146 e. The molecule has 0 aliphatic heterocycles. The normalized spacial score (nSPS) is 10.3. The number of anilines is 1. The molecule has 0 heterocycles. The largest absolute Gasteiger partial charge is 0.379 e. The van der Waals surface area contributed by atoms with Gasteiger partial charge >= 0.3 is 0 Å². The summed E-state index contributed by atoms with van der Waals surface area (Å²) in [6, 6.07) is 11.8. The maximum absolute atomic E-state index is 13.4. The monoisotopic (exact) mass is 269 g/mol. The molecule has 0 unspecified atom stereocenters. The Morgan fingerprint density at radius 3 is 2.29 bits per heavy atom. The lowest BCUT2D eigenvalue weighted by atomic mass is 10.2. The van der Waals surface area contributed by atoms with Crippen LogP contribution < -0.4 is 5.32 Å². The van der Waals surface area contributed by atoms with E-state index in [1.165, 1.54) is 12.1 Å². The Morgan fingerprint density at radius 2 is 1.59 bits per heavy atom. The van der Waals surface area contributed by atoms with Gasteiger partial charge in [0.1, 0.15) is 5.82 Å². The third-order valence-corrected chi connectivity index (χ3v) is 2.81. The second-order valence-electron chi connectivity index (χ2n) is 3.60. The van der Waals surface area contributed by atoms with Crippen LogP contribution >= 0.6 is 23.2 Å². The number of nitrogens with one attached hydrogen (secondary N) is 1. The molecule has 0 fully saturated rings. The van der Waals surface area contributed by atoms with Crippen LogP contribution in [0.2, 0.25) is 10.0 Å². The molecule has 2 aromatic carbocycles. The van der Waals surface area contributed by atoms with Crippen LogP contribution in [0.3, 0.4) is 0 Å². The molecule has 88 valence electrons. The van der Waals surface area contributed by atoms with E-state index in [1.54, 1.807) is 18.2 Å². The van der Waals surface area contributed by atoms with Crippen molar-refractivity contribution in [2.24, 2.45) is 0 Å². The summed E-state index contributed by atoms with van der Waals surface area (Å²) in [6.45, 7) is 0.522. The van der Waals surface area contributed by atoms with Crippen molar-refractivity contribution in [3.63, 3.8) is 0 Å². The van der Waals surface area contributed by atoms with Crippen LogP contribution in [-0.4, -0.2) is 0 Å². The lowest BCUT2D eigenvalue weighted by Gasteiger charge is -2.08. The van der Waals surface area contributed by atoms with Crippen molar-refractivity contribution in [1.29, 1.82) is 0 Å². The number of benzene rings is 2. The van der Waals surface area contributed by atoms with Crippen molar-refractivity contribution in [2.75, 3.05) is 5.32 Å². The van der Waals surface area contributed by atoms with Crippen LogP contribution in [0.5, 0.6) is 0 Å². The van der Waals surface area contributed by atoms with Gasteiger partial charge in [0.15, 0.2) is 0 Å². The van der Waals surface area contributed by atoms with Crippen molar-refractivity contribution >= 4 is 28.9 Å². The van der Waals surface area contributed by atoms with E-state index in [4.69, 9.17) is 23.2 Å². The first-order valence-corrected chi connectivity index (χ1v) is 5.84. The van der Waals surface area contributed by atoms with Gasteiger partial charge in [-0.25, -0.2) is 4.39 Å². The molecule has 0 aromatic heterocycles. The van der Waals surface area contributed by atoms with E-state index in [0.29, 0.717) is 22.3 Å². The second kappa shape index (κ2) is 5.39. The van der Waals surface area contributed by atoms with Crippen LogP contribution in [0.25, 0.3) is 0 Å². The van der Waals surface area contributed by atoms with Crippen LogP contribution in [0, 0.1) is 5.82 Å². The van der Waals surface area contributed by atoms with Gasteiger partial charge in [-0.1, -0.05) is 35.3 Å². The first-order chi connectivity index (χ1) is 8.15. The summed E-state index contributed by atoms with van der Waals surface area (Å²) in [6.07, 6.45) is 0. The first kappa shape index (κ1) is 12.2. The lowest BCUT2D eigenvalue weighted by molar-refractivity contribution is 0.630. The van der Waals surface area contributed by atoms with Gasteiger partial charge in [0.2, 0.25) is 0 Å². The summed E-state index contributed by atoms with van der Waals surface area (Å²) in [7, 11) is 0. The first-order valence-electron chi connectivity index (χ1n) is 5.08. The summed E-state index contributed by atoms with van der Waals surface area (Å²) in [5.74, 6) is -0.316. The topological polar surface area (TPSA) is 12.0 Å². The van der Waals surface area contributed by atoms with Gasteiger partial charge in [0.25, 0.3) is 0 Å². The Morgan fingerprint density at radius 1 is 0.941 bits per heavy atom. The number of rotatable bonds is 3. The van der Waals surface area contributed by atoms with Gasteiger partial charge in [0, 0.05) is 16.6 Å². The molecule has 2 aromatic rings. The molecular weight excluding hydrogens is 260 g/mol. The summed E-state index contributed by atoms with van der Waals surface area (Å²) < 4.78 is 13.4. The van der Waals surface area contributed by atoms with Gasteiger partial charge in [0.05, 0.1) is 5.69 Å². The Kier molecular flexibility index (Phi) is 3.87. The Hall–Kier alpha value is -1.25. The lowest BCUT2D eigenvalue weighted by Crippen LogP contribution is -2.01. The molecule has 0 radical (unpaired) electrons. The molecule has 2 rings (SSSR count). The van der Waals surface area contributed by atoms with Crippen LogP contribution in [0.1, 0.15) is 5.56 Å². The molecule has 0 atom stereocenters. The standard InChI is InChI=1S/C13H10Cl2FN/c14-10-3-1-9(2-4-10)8-17-13-7-11(15)5-6-12(13)16/h1-7,17H,8H2. The number of hydrogen-bond acceptors (Lipinski definition) is 1. The van der Waals surface area contributed by atoms with E-state index in [-0.39, 0.29) is 5.82 Å². The van der Waals surface area contributed by atoms with Crippen molar-refractivity contribution in [1.82, 2.24) is 0 Å². The molecule has 17 heavy (non-hydrogen) atoms. The highest BCUT2D eigenvalue weighted by molar-refractivity contribution is 6.31. The molecule has 0 aliphatic carbocycles. The van der Waals surface area contributed by atoms with Gasteiger partial charge in [-0.05, 0) is 35.9 Å². The molecule has 0 saturated heterocycles. The zero-order valence-electron chi connectivity index (χ0n) is 8.88. The highest BCUT2D eigenvalue weighted by Crippen LogP contribution is 2.20. The molecular formula is C13H10Cl2FN. The maximum atomic E-state index is 13.4. The van der Waals surface area contributed by atoms with Crippen LogP contribution in [0.4, 0.5) is 10.1 Å². The zero-order chi connectivity index (χ0) is 12.3. The molecule has 0 saturated carbocycles. The van der Waals surface area contributed by atoms with Gasteiger partial charge in [-0.3, -0.25) is 0 Å². The van der Waals surface area contributed by atoms with E-state index in [1.807, 2.05) is 12.1 Å². The predicted octanol–water partition coefficient (Wildman–Crippen LogP) is 4.74. The highest BCUT2D eigenvalue weighted by atomic mass is 35.5. The van der Waals surface area contributed by atoms with Crippen molar-refractivity contribution in [3.05, 3.63) is 63.9 Å². The van der Waals surface area contributed by atoms with E-state index in [9.17, 15) is 4.39 Å². The van der Waals surface area contributed by atoms with E-state index < -0.39 is 0 Å². The zero-order valence-corrected chi connectivity index (χ0v) is 10.4. The molecule has 1 N–H and O–H groups in total. The summed E-state index contributed by atoms with van der Waals surface area (Å²) in [4.78, 5) is 0. The van der Waals surface area contributed by atoms with Crippen LogP contribution in [0.15, 0.2) is 42.5 Å². The van der Waals surface area contributed by atoms with Gasteiger partial charge in [-0.15, -0.1) is 0 Å². The van der Waals surface area contributed by atoms with Crippen molar-refractivity contribution in [3.8, 4) is 0 Å². The molecule has 0 aliphatic rings. The fourth-order valence-electron chi connectivity index (χ4n) is 1.43. The third kappa shape index (κ3) is 3.35. The summed E-state index contributed by atoms with van der Waals surface area (Å²) >= 11 is 11.6. The molecule has 0 amide bonds. The Balaban J connectivity index is 2.07. The third-order valence-electron chi connectivity index (χ3n) is 2.32. The molecule has 0 spiro atoms. The average Bonchev–Trinajstić information content (AvgIpc) is 2.32. The average molecular weight is 270 g/mol. The molecule has 1 nitrogen and oxygen atoms in total. The fraction of sp³-hybridized carbons (Fsp3) is 0.0769. The highest BCUT2D eigenvalue weighted by Gasteiger charge is 2.02. The van der Waals surface area contributed by atoms with Crippen LogP contribution in [-0.2, 0) is 6.54 Å². The Bertz CT molecular complexity index is 511. The van der Waals surface area contributed by atoms with Crippen molar-refractivity contribution in [2.45, 2.75) is 6.54 Å². The van der Waals surface area contributed by atoms with E-state index in [2.05, 4.69) is 5.32 Å². The van der Waals surface area contributed by atoms with Gasteiger partial charge in [-0.2, -0.15) is 0 Å². The fourth-order valence-corrected chi connectivity index (χ4v) is 1.73.